The summed E-state index contributed by atoms with van der Waals surface area (Å²) in [4.78, 5) is 0. The zero-order valence-electron chi connectivity index (χ0n) is 6.74. The van der Waals surface area contributed by atoms with Gasteiger partial charge in [0.25, 0.3) is 0 Å². The molecule has 1 unspecified atom stereocenters. The standard InChI is InChI=1S/C8H11IN2O/c9-8-3-10-11(5-8)4-7-1-2-12-6-7/h3,5,7H,1-2,4,6H2. The van der Waals surface area contributed by atoms with Crippen LogP contribution in [0.1, 0.15) is 6.42 Å². The molecule has 1 aromatic heterocycles. The molecule has 12 heavy (non-hydrogen) atoms. The molecule has 0 bridgehead atoms. The number of aromatic nitrogens is 2. The van der Waals surface area contributed by atoms with E-state index in [2.05, 4.69) is 33.9 Å². The Balaban J connectivity index is 1.94. The van der Waals surface area contributed by atoms with Gasteiger partial charge in [-0.2, -0.15) is 5.10 Å². The van der Waals surface area contributed by atoms with Gasteiger partial charge in [-0.1, -0.05) is 0 Å². The van der Waals surface area contributed by atoms with E-state index in [1.807, 2.05) is 10.9 Å². The Bertz CT molecular complexity index is 255. The van der Waals surface area contributed by atoms with E-state index < -0.39 is 0 Å². The van der Waals surface area contributed by atoms with Gasteiger partial charge in [-0.05, 0) is 29.0 Å². The molecule has 0 amide bonds. The summed E-state index contributed by atoms with van der Waals surface area (Å²) in [5, 5.41) is 4.23. The molecule has 4 heteroatoms. The van der Waals surface area contributed by atoms with E-state index in [0.29, 0.717) is 5.92 Å². The average Bonchev–Trinajstić information content (AvgIpc) is 2.63. The molecule has 1 aliphatic heterocycles. The molecule has 0 spiro atoms. The second-order valence-electron chi connectivity index (χ2n) is 3.11. The molecule has 2 heterocycles. The Kier molecular flexibility index (Phi) is 2.65. The first-order valence-electron chi connectivity index (χ1n) is 4.10. The quantitative estimate of drug-likeness (QED) is 0.767. The van der Waals surface area contributed by atoms with Crippen molar-refractivity contribution in [3.8, 4) is 0 Å². The summed E-state index contributed by atoms with van der Waals surface area (Å²) in [6.45, 7) is 2.82. The van der Waals surface area contributed by atoms with Crippen molar-refractivity contribution in [2.24, 2.45) is 5.92 Å². The molecule has 1 saturated heterocycles. The maximum atomic E-state index is 5.29. The van der Waals surface area contributed by atoms with Crippen LogP contribution in [0.2, 0.25) is 0 Å². The maximum absolute atomic E-state index is 5.29. The summed E-state index contributed by atoms with van der Waals surface area (Å²) in [6, 6.07) is 0. The van der Waals surface area contributed by atoms with Gasteiger partial charge < -0.3 is 4.74 Å². The Morgan fingerprint density at radius 1 is 1.75 bits per heavy atom. The predicted molar refractivity (Wildman–Crippen MR) is 53.9 cm³/mol. The van der Waals surface area contributed by atoms with Gasteiger partial charge in [-0.25, -0.2) is 0 Å². The van der Waals surface area contributed by atoms with Crippen molar-refractivity contribution in [2.45, 2.75) is 13.0 Å². The molecular formula is C8H11IN2O. The maximum Gasteiger partial charge on any atom is 0.0623 e. The highest BCUT2D eigenvalue weighted by molar-refractivity contribution is 14.1. The molecule has 66 valence electrons. The number of rotatable bonds is 2. The molecule has 1 fully saturated rings. The fourth-order valence-corrected chi connectivity index (χ4v) is 1.88. The zero-order valence-corrected chi connectivity index (χ0v) is 8.90. The van der Waals surface area contributed by atoms with E-state index in [9.17, 15) is 0 Å². The van der Waals surface area contributed by atoms with Crippen LogP contribution in [0.3, 0.4) is 0 Å². The lowest BCUT2D eigenvalue weighted by molar-refractivity contribution is 0.181. The third-order valence-electron chi connectivity index (χ3n) is 2.07. The smallest absolute Gasteiger partial charge is 0.0623 e. The lowest BCUT2D eigenvalue weighted by Crippen LogP contribution is -2.10. The molecule has 2 rings (SSSR count). The van der Waals surface area contributed by atoms with E-state index in [1.165, 1.54) is 9.99 Å². The lowest BCUT2D eigenvalue weighted by Gasteiger charge is -2.06. The zero-order chi connectivity index (χ0) is 8.39. The molecule has 0 radical (unpaired) electrons. The van der Waals surface area contributed by atoms with Crippen molar-refractivity contribution in [3.63, 3.8) is 0 Å². The molecule has 3 nitrogen and oxygen atoms in total. The molecule has 0 aromatic carbocycles. The van der Waals surface area contributed by atoms with Crippen LogP contribution in [0.4, 0.5) is 0 Å². The van der Waals surface area contributed by atoms with Gasteiger partial charge >= 0.3 is 0 Å². The second kappa shape index (κ2) is 3.74. The van der Waals surface area contributed by atoms with Crippen LogP contribution in [-0.2, 0) is 11.3 Å². The summed E-state index contributed by atoms with van der Waals surface area (Å²) in [6.07, 6.45) is 5.13. The summed E-state index contributed by atoms with van der Waals surface area (Å²) < 4.78 is 8.49. The largest absolute Gasteiger partial charge is 0.381 e. The third-order valence-corrected chi connectivity index (χ3v) is 2.63. The van der Waals surface area contributed by atoms with E-state index in [1.54, 1.807) is 0 Å². The fraction of sp³-hybridized carbons (Fsp3) is 0.625. The second-order valence-corrected chi connectivity index (χ2v) is 4.36. The van der Waals surface area contributed by atoms with Gasteiger partial charge in [-0.15, -0.1) is 0 Å². The predicted octanol–water partition coefficient (Wildman–Crippen LogP) is 1.52. The summed E-state index contributed by atoms with van der Waals surface area (Å²) in [5.41, 5.74) is 0. The molecule has 0 saturated carbocycles. The Hall–Kier alpha value is -0.100. The monoisotopic (exact) mass is 278 g/mol. The average molecular weight is 278 g/mol. The number of nitrogens with zero attached hydrogens (tertiary/aromatic N) is 2. The molecule has 1 aromatic rings. The summed E-state index contributed by atoms with van der Waals surface area (Å²) in [7, 11) is 0. The first-order valence-corrected chi connectivity index (χ1v) is 5.18. The van der Waals surface area contributed by atoms with E-state index in [-0.39, 0.29) is 0 Å². The van der Waals surface area contributed by atoms with Crippen molar-refractivity contribution in [2.75, 3.05) is 13.2 Å². The van der Waals surface area contributed by atoms with Gasteiger partial charge in [-0.3, -0.25) is 4.68 Å². The molecule has 0 N–H and O–H groups in total. The number of ether oxygens (including phenoxy) is 1. The highest BCUT2D eigenvalue weighted by atomic mass is 127. The van der Waals surface area contributed by atoms with Crippen LogP contribution in [0.5, 0.6) is 0 Å². The van der Waals surface area contributed by atoms with Crippen LogP contribution < -0.4 is 0 Å². The van der Waals surface area contributed by atoms with Gasteiger partial charge in [0.2, 0.25) is 0 Å². The molecule has 1 aliphatic rings. The van der Waals surface area contributed by atoms with E-state index in [4.69, 9.17) is 4.74 Å². The van der Waals surface area contributed by atoms with Crippen LogP contribution in [-0.4, -0.2) is 23.0 Å². The first kappa shape index (κ1) is 8.50. The lowest BCUT2D eigenvalue weighted by atomic mass is 10.1. The number of hydrogen-bond acceptors (Lipinski definition) is 2. The van der Waals surface area contributed by atoms with E-state index in [0.717, 1.165) is 19.8 Å². The number of halogens is 1. The first-order chi connectivity index (χ1) is 5.84. The Morgan fingerprint density at radius 3 is 3.25 bits per heavy atom. The third kappa shape index (κ3) is 1.98. The minimum absolute atomic E-state index is 0.667. The molecule has 0 aliphatic carbocycles. The normalized spacial score (nSPS) is 23.2. The Labute approximate surface area is 85.2 Å². The minimum Gasteiger partial charge on any atom is -0.381 e. The summed E-state index contributed by atoms with van der Waals surface area (Å²) >= 11 is 2.27. The topological polar surface area (TPSA) is 27.1 Å². The van der Waals surface area contributed by atoms with Crippen LogP contribution in [0.15, 0.2) is 12.4 Å². The molecular weight excluding hydrogens is 267 g/mol. The summed E-state index contributed by atoms with van der Waals surface area (Å²) in [5.74, 6) is 0.667. The Morgan fingerprint density at radius 2 is 2.67 bits per heavy atom. The molecule has 1 atom stereocenters. The van der Waals surface area contributed by atoms with Crippen LogP contribution in [0, 0.1) is 9.49 Å². The highest BCUT2D eigenvalue weighted by Crippen LogP contribution is 2.14. The van der Waals surface area contributed by atoms with Gasteiger partial charge in [0.05, 0.1) is 16.4 Å². The number of hydrogen-bond donors (Lipinski definition) is 0. The van der Waals surface area contributed by atoms with Crippen molar-refractivity contribution in [3.05, 3.63) is 16.0 Å². The van der Waals surface area contributed by atoms with Gasteiger partial charge in [0, 0.05) is 25.3 Å². The van der Waals surface area contributed by atoms with Gasteiger partial charge in [0.1, 0.15) is 0 Å². The van der Waals surface area contributed by atoms with Crippen LogP contribution in [0.25, 0.3) is 0 Å². The SMILES string of the molecule is Ic1cnn(CC2CCOC2)c1. The van der Waals surface area contributed by atoms with Crippen LogP contribution >= 0.6 is 22.6 Å². The van der Waals surface area contributed by atoms with E-state index >= 15 is 0 Å². The van der Waals surface area contributed by atoms with Crippen molar-refractivity contribution in [1.29, 1.82) is 0 Å². The highest BCUT2D eigenvalue weighted by Gasteiger charge is 2.16. The van der Waals surface area contributed by atoms with Crippen molar-refractivity contribution < 1.29 is 4.74 Å². The van der Waals surface area contributed by atoms with Crippen molar-refractivity contribution in [1.82, 2.24) is 9.78 Å². The van der Waals surface area contributed by atoms with Crippen molar-refractivity contribution >= 4 is 22.6 Å². The minimum atomic E-state index is 0.667. The van der Waals surface area contributed by atoms with Gasteiger partial charge in [0.15, 0.2) is 0 Å². The fourth-order valence-electron chi connectivity index (χ4n) is 1.43.